The maximum Gasteiger partial charge on any atom is 0.280 e. The predicted molar refractivity (Wildman–Crippen MR) is 82.9 cm³/mol. The lowest BCUT2D eigenvalue weighted by molar-refractivity contribution is -0.885. The number of aryl methyl sites for hydroxylation is 1. The second kappa shape index (κ2) is 7.61. The average Bonchev–Trinajstić information content (AvgIpc) is 2.86. The van der Waals surface area contributed by atoms with Crippen LogP contribution in [0.2, 0.25) is 0 Å². The molecule has 2 aromatic rings. The summed E-state index contributed by atoms with van der Waals surface area (Å²) >= 11 is 0. The Hall–Kier alpha value is -2.34. The molecule has 0 bridgehead atoms. The normalized spacial score (nSPS) is 12.0. The molecule has 0 saturated carbocycles. The number of ether oxygens (including phenoxy) is 1. The van der Waals surface area contributed by atoms with E-state index in [0.29, 0.717) is 24.7 Å². The maximum atomic E-state index is 11.9. The Morgan fingerprint density at radius 2 is 2.09 bits per heavy atom. The van der Waals surface area contributed by atoms with Crippen LogP contribution in [0.1, 0.15) is 18.2 Å². The molecule has 0 radical (unpaired) electrons. The number of anilines is 1. The molecule has 1 aromatic heterocycles. The molecule has 22 heavy (non-hydrogen) atoms. The van der Waals surface area contributed by atoms with Crippen LogP contribution < -0.4 is 15.0 Å². The molecule has 118 valence electrons. The van der Waals surface area contributed by atoms with Gasteiger partial charge in [-0.2, -0.15) is 0 Å². The van der Waals surface area contributed by atoms with Gasteiger partial charge < -0.3 is 19.5 Å². The maximum absolute atomic E-state index is 11.9. The molecule has 0 saturated heterocycles. The van der Waals surface area contributed by atoms with E-state index in [1.54, 1.807) is 13.0 Å². The van der Waals surface area contributed by atoms with E-state index in [1.807, 2.05) is 38.2 Å². The molecule has 1 heterocycles. The van der Waals surface area contributed by atoms with Gasteiger partial charge >= 0.3 is 0 Å². The SMILES string of the molecule is CCOc1ccc(C[NH+](C)CC(=O)Nc2cc(C)on2)cc1. The van der Waals surface area contributed by atoms with E-state index in [2.05, 4.69) is 10.5 Å². The van der Waals surface area contributed by atoms with Gasteiger partial charge in [-0.05, 0) is 38.1 Å². The molecule has 2 rings (SSSR count). The fourth-order valence-corrected chi connectivity index (χ4v) is 2.17. The van der Waals surface area contributed by atoms with Gasteiger partial charge in [0, 0.05) is 11.6 Å². The first kappa shape index (κ1) is 16.0. The van der Waals surface area contributed by atoms with Gasteiger partial charge in [0.05, 0.1) is 13.7 Å². The first-order valence-electron chi connectivity index (χ1n) is 7.33. The molecule has 2 N–H and O–H groups in total. The molecular formula is C16H22N3O3+. The first-order valence-corrected chi connectivity index (χ1v) is 7.33. The fourth-order valence-electron chi connectivity index (χ4n) is 2.17. The van der Waals surface area contributed by atoms with E-state index in [4.69, 9.17) is 9.26 Å². The van der Waals surface area contributed by atoms with Gasteiger partial charge in [-0.1, -0.05) is 5.16 Å². The Morgan fingerprint density at radius 1 is 1.36 bits per heavy atom. The number of amides is 1. The number of rotatable bonds is 7. The number of likely N-dealkylation sites (N-methyl/N-ethyl adjacent to an activating group) is 1. The summed E-state index contributed by atoms with van der Waals surface area (Å²) in [6.45, 7) is 5.52. The second-order valence-corrected chi connectivity index (χ2v) is 5.26. The number of benzene rings is 1. The Morgan fingerprint density at radius 3 is 2.68 bits per heavy atom. The van der Waals surface area contributed by atoms with Gasteiger partial charge in [0.2, 0.25) is 0 Å². The van der Waals surface area contributed by atoms with Crippen molar-refractivity contribution >= 4 is 11.7 Å². The van der Waals surface area contributed by atoms with Crippen LogP contribution in [0.4, 0.5) is 5.82 Å². The lowest BCUT2D eigenvalue weighted by Gasteiger charge is -2.13. The van der Waals surface area contributed by atoms with E-state index in [1.165, 1.54) is 0 Å². The van der Waals surface area contributed by atoms with Crippen molar-refractivity contribution in [2.45, 2.75) is 20.4 Å². The highest BCUT2D eigenvalue weighted by atomic mass is 16.5. The van der Waals surface area contributed by atoms with E-state index in [-0.39, 0.29) is 5.91 Å². The largest absolute Gasteiger partial charge is 0.494 e. The number of hydrogen-bond donors (Lipinski definition) is 2. The van der Waals surface area contributed by atoms with Crippen LogP contribution in [-0.4, -0.2) is 31.3 Å². The van der Waals surface area contributed by atoms with Gasteiger partial charge in [-0.25, -0.2) is 0 Å². The number of carbonyl (C=O) groups is 1. The molecular weight excluding hydrogens is 282 g/mol. The van der Waals surface area contributed by atoms with Crippen molar-refractivity contribution in [2.75, 3.05) is 25.5 Å². The van der Waals surface area contributed by atoms with Crippen LogP contribution in [-0.2, 0) is 11.3 Å². The van der Waals surface area contributed by atoms with Crippen molar-refractivity contribution in [1.82, 2.24) is 5.16 Å². The molecule has 1 atom stereocenters. The first-order chi connectivity index (χ1) is 10.6. The molecule has 1 unspecified atom stereocenters. The molecule has 0 aliphatic heterocycles. The highest BCUT2D eigenvalue weighted by Gasteiger charge is 2.12. The average molecular weight is 304 g/mol. The summed E-state index contributed by atoms with van der Waals surface area (Å²) in [5.74, 6) is 1.90. The molecule has 1 amide bonds. The van der Waals surface area contributed by atoms with Gasteiger partial charge in [0.25, 0.3) is 5.91 Å². The zero-order valence-corrected chi connectivity index (χ0v) is 13.2. The lowest BCUT2D eigenvalue weighted by Crippen LogP contribution is -3.08. The summed E-state index contributed by atoms with van der Waals surface area (Å²) in [6, 6.07) is 9.63. The summed E-state index contributed by atoms with van der Waals surface area (Å²) < 4.78 is 10.3. The summed E-state index contributed by atoms with van der Waals surface area (Å²) in [5.41, 5.74) is 1.16. The zero-order valence-electron chi connectivity index (χ0n) is 13.2. The minimum Gasteiger partial charge on any atom is -0.494 e. The van der Waals surface area contributed by atoms with Crippen LogP contribution in [0.3, 0.4) is 0 Å². The highest BCUT2D eigenvalue weighted by molar-refractivity contribution is 5.90. The van der Waals surface area contributed by atoms with Gasteiger partial charge in [0.1, 0.15) is 18.1 Å². The summed E-state index contributed by atoms with van der Waals surface area (Å²) in [5, 5.41) is 6.46. The number of aromatic nitrogens is 1. The van der Waals surface area contributed by atoms with Crippen molar-refractivity contribution in [3.8, 4) is 5.75 Å². The predicted octanol–water partition coefficient (Wildman–Crippen LogP) is 1.04. The number of hydrogen-bond acceptors (Lipinski definition) is 4. The molecule has 0 spiro atoms. The van der Waals surface area contributed by atoms with Crippen LogP contribution >= 0.6 is 0 Å². The van der Waals surface area contributed by atoms with Crippen LogP contribution in [0, 0.1) is 6.92 Å². The highest BCUT2D eigenvalue weighted by Crippen LogP contribution is 2.11. The third-order valence-corrected chi connectivity index (χ3v) is 3.10. The molecule has 0 aliphatic rings. The van der Waals surface area contributed by atoms with Gasteiger partial charge in [-0.3, -0.25) is 4.79 Å². The lowest BCUT2D eigenvalue weighted by atomic mass is 10.2. The minimum absolute atomic E-state index is 0.0864. The van der Waals surface area contributed by atoms with Crippen LogP contribution in [0.25, 0.3) is 0 Å². The van der Waals surface area contributed by atoms with Crippen molar-refractivity contribution in [1.29, 1.82) is 0 Å². The minimum atomic E-state index is -0.0864. The number of quaternary nitrogens is 1. The Balaban J connectivity index is 1.81. The van der Waals surface area contributed by atoms with Crippen molar-refractivity contribution in [3.05, 3.63) is 41.7 Å². The second-order valence-electron chi connectivity index (χ2n) is 5.26. The van der Waals surface area contributed by atoms with Crippen molar-refractivity contribution in [3.63, 3.8) is 0 Å². The van der Waals surface area contributed by atoms with Gasteiger partial charge in [0.15, 0.2) is 12.4 Å². The van der Waals surface area contributed by atoms with Gasteiger partial charge in [-0.15, -0.1) is 0 Å². The third kappa shape index (κ3) is 4.89. The fraction of sp³-hybridized carbons (Fsp3) is 0.375. The number of carbonyl (C=O) groups excluding carboxylic acids is 1. The zero-order chi connectivity index (χ0) is 15.9. The number of nitrogens with zero attached hydrogens (tertiary/aromatic N) is 1. The standard InChI is InChI=1S/C16H21N3O3/c1-4-21-14-7-5-13(6-8-14)10-19(3)11-16(20)17-15-9-12(2)22-18-15/h5-9H,4,10-11H2,1-3H3,(H,17,18,20)/p+1. The summed E-state index contributed by atoms with van der Waals surface area (Å²) in [4.78, 5) is 13.0. The smallest absolute Gasteiger partial charge is 0.280 e. The van der Waals surface area contributed by atoms with Crippen molar-refractivity contribution < 1.29 is 19.0 Å². The monoisotopic (exact) mass is 304 g/mol. The molecule has 0 fully saturated rings. The molecule has 6 heteroatoms. The quantitative estimate of drug-likeness (QED) is 0.802. The van der Waals surface area contributed by atoms with Crippen LogP contribution in [0.5, 0.6) is 5.75 Å². The summed E-state index contributed by atoms with van der Waals surface area (Å²) in [6.07, 6.45) is 0. The van der Waals surface area contributed by atoms with E-state index in [0.717, 1.165) is 22.8 Å². The Labute approximate surface area is 130 Å². The van der Waals surface area contributed by atoms with E-state index in [9.17, 15) is 4.79 Å². The van der Waals surface area contributed by atoms with E-state index < -0.39 is 0 Å². The topological polar surface area (TPSA) is 68.8 Å². The molecule has 0 aliphatic carbocycles. The molecule has 1 aromatic carbocycles. The van der Waals surface area contributed by atoms with E-state index >= 15 is 0 Å². The number of nitrogens with one attached hydrogen (secondary N) is 2. The summed E-state index contributed by atoms with van der Waals surface area (Å²) in [7, 11) is 1.98. The Kier molecular flexibility index (Phi) is 5.55. The molecule has 6 nitrogen and oxygen atoms in total. The van der Waals surface area contributed by atoms with Crippen molar-refractivity contribution in [2.24, 2.45) is 0 Å². The third-order valence-electron chi connectivity index (χ3n) is 3.10. The van der Waals surface area contributed by atoms with Crippen LogP contribution in [0.15, 0.2) is 34.9 Å². The Bertz CT molecular complexity index is 607.